The Balaban J connectivity index is 0.00000600. The Bertz CT molecular complexity index is 1450. The van der Waals surface area contributed by atoms with Crippen LogP contribution in [0.5, 0.6) is 0 Å². The van der Waals surface area contributed by atoms with Crippen molar-refractivity contribution in [1.29, 1.82) is 0 Å². The number of carbonyl (C=O) groups excluding carboxylic acids is 3. The van der Waals surface area contributed by atoms with Gasteiger partial charge in [-0.15, -0.1) is 12.4 Å². The van der Waals surface area contributed by atoms with Gasteiger partial charge in [0.05, 0.1) is 5.69 Å². The van der Waals surface area contributed by atoms with Crippen LogP contribution in [0.25, 0.3) is 0 Å². The highest BCUT2D eigenvalue weighted by Gasteiger charge is 2.58. The van der Waals surface area contributed by atoms with Crippen LogP contribution in [0.2, 0.25) is 0 Å². The molecule has 0 bridgehead atoms. The first-order chi connectivity index (χ1) is 22.2. The highest BCUT2D eigenvalue weighted by Crippen LogP contribution is 2.30. The number of benzene rings is 3. The number of ketones is 1. The molecule has 47 heavy (non-hydrogen) atoms. The van der Waals surface area contributed by atoms with E-state index in [1.807, 2.05) is 60.7 Å². The Morgan fingerprint density at radius 3 is 2.06 bits per heavy atom. The molecule has 3 aromatic rings. The SMILES string of the molecule is Cl.NCCCC[C@@](N)(C(=O)O)C(ONc1ccccc1)C(=O)[C@H]1O[C@@H]1C(=O)N[C@@H](Cc1ccccc1)C(=O)NCCc1ccccc1. The molecular formula is C34H42ClN5O7. The number of aliphatic carboxylic acids is 1. The van der Waals surface area contributed by atoms with E-state index in [4.69, 9.17) is 21.0 Å². The quantitative estimate of drug-likeness (QED) is 0.0626. The van der Waals surface area contributed by atoms with E-state index < -0.39 is 53.5 Å². The number of unbranched alkanes of at least 4 members (excludes halogenated alkanes) is 1. The Labute approximate surface area is 279 Å². The lowest BCUT2D eigenvalue weighted by Crippen LogP contribution is -2.62. The van der Waals surface area contributed by atoms with Crippen LogP contribution in [0.4, 0.5) is 5.69 Å². The molecule has 0 aromatic heterocycles. The average Bonchev–Trinajstić information content (AvgIpc) is 3.87. The number of hydrogen-bond acceptors (Lipinski definition) is 9. The number of nitrogens with two attached hydrogens (primary N) is 2. The molecule has 1 heterocycles. The van der Waals surface area contributed by atoms with Gasteiger partial charge in [0, 0.05) is 13.0 Å². The van der Waals surface area contributed by atoms with E-state index in [1.165, 1.54) is 0 Å². The maximum Gasteiger partial charge on any atom is 0.327 e. The molecule has 2 amide bonds. The zero-order chi connectivity index (χ0) is 32.9. The molecule has 1 unspecified atom stereocenters. The van der Waals surface area contributed by atoms with Crippen LogP contribution in [-0.4, -0.2) is 71.7 Å². The Morgan fingerprint density at radius 2 is 1.47 bits per heavy atom. The predicted molar refractivity (Wildman–Crippen MR) is 179 cm³/mol. The molecule has 8 N–H and O–H groups in total. The number of epoxide rings is 1. The van der Waals surface area contributed by atoms with E-state index >= 15 is 0 Å². The van der Waals surface area contributed by atoms with Crippen LogP contribution in [0.3, 0.4) is 0 Å². The van der Waals surface area contributed by atoms with Crippen molar-refractivity contribution in [3.63, 3.8) is 0 Å². The van der Waals surface area contributed by atoms with E-state index in [0.717, 1.165) is 11.1 Å². The summed E-state index contributed by atoms with van der Waals surface area (Å²) >= 11 is 0. The van der Waals surface area contributed by atoms with Crippen molar-refractivity contribution in [2.24, 2.45) is 11.5 Å². The van der Waals surface area contributed by atoms with E-state index in [-0.39, 0.29) is 25.2 Å². The standard InChI is InChI=1S/C34H41N5O7.ClH/c35-20-11-10-19-34(36,33(43)44)30(46-39-25-16-8-3-9-17-25)27(40)28-29(45-28)32(42)38-26(22-24-14-6-2-7-15-24)31(41)37-21-18-23-12-4-1-5-13-23;/h1-9,12-17,26,28-30,39H,10-11,18-22,35-36H2,(H,37,41)(H,38,42)(H,43,44);1H/t26-,28+,29-,30?,34-;/m0./s1. The molecule has 252 valence electrons. The summed E-state index contributed by atoms with van der Waals surface area (Å²) in [6, 6.07) is 26.5. The zero-order valence-corrected chi connectivity index (χ0v) is 26.7. The molecule has 5 atom stereocenters. The molecule has 0 saturated carbocycles. The normalized spacial score (nSPS) is 17.6. The van der Waals surface area contributed by atoms with E-state index in [1.54, 1.807) is 30.3 Å². The van der Waals surface area contributed by atoms with Gasteiger partial charge in [-0.05, 0) is 55.5 Å². The number of halogens is 1. The zero-order valence-electron chi connectivity index (χ0n) is 25.9. The van der Waals surface area contributed by atoms with E-state index in [0.29, 0.717) is 38.0 Å². The molecule has 1 aliphatic heterocycles. The fourth-order valence-electron chi connectivity index (χ4n) is 5.05. The van der Waals surface area contributed by atoms with Gasteiger partial charge in [0.15, 0.2) is 29.6 Å². The number of carboxylic acid groups (broad SMARTS) is 1. The number of Topliss-reactive ketones (excluding diaryl/α,β-unsaturated/α-hetero) is 1. The molecule has 0 radical (unpaired) electrons. The second-order valence-electron chi connectivity index (χ2n) is 11.2. The summed E-state index contributed by atoms with van der Waals surface area (Å²) in [6.45, 7) is 0.672. The van der Waals surface area contributed by atoms with Crippen LogP contribution in [-0.2, 0) is 41.6 Å². The van der Waals surface area contributed by atoms with Crippen LogP contribution < -0.4 is 27.6 Å². The number of rotatable bonds is 19. The fourth-order valence-corrected chi connectivity index (χ4v) is 5.05. The minimum Gasteiger partial charge on any atom is -0.480 e. The summed E-state index contributed by atoms with van der Waals surface area (Å²) in [7, 11) is 0. The third-order valence-corrected chi connectivity index (χ3v) is 7.74. The predicted octanol–water partition coefficient (Wildman–Crippen LogP) is 2.15. The molecule has 1 saturated heterocycles. The number of carbonyl (C=O) groups is 4. The number of amides is 2. The highest BCUT2D eigenvalue weighted by atomic mass is 35.5. The van der Waals surface area contributed by atoms with Crippen molar-refractivity contribution in [1.82, 2.24) is 10.6 Å². The average molecular weight is 668 g/mol. The summed E-state index contributed by atoms with van der Waals surface area (Å²) in [4.78, 5) is 58.3. The van der Waals surface area contributed by atoms with Gasteiger partial charge >= 0.3 is 5.97 Å². The number of ether oxygens (including phenoxy) is 1. The van der Waals surface area contributed by atoms with Crippen LogP contribution in [0.15, 0.2) is 91.0 Å². The lowest BCUT2D eigenvalue weighted by molar-refractivity contribution is -0.155. The minimum atomic E-state index is -2.14. The lowest BCUT2D eigenvalue weighted by Gasteiger charge is -2.32. The monoisotopic (exact) mass is 667 g/mol. The highest BCUT2D eigenvalue weighted by molar-refractivity contribution is 6.02. The minimum absolute atomic E-state index is 0. The molecular weight excluding hydrogens is 626 g/mol. The summed E-state index contributed by atoms with van der Waals surface area (Å²) in [6.07, 6.45) is -2.78. The third-order valence-electron chi connectivity index (χ3n) is 7.74. The summed E-state index contributed by atoms with van der Waals surface area (Å²) < 4.78 is 5.47. The van der Waals surface area contributed by atoms with Crippen LogP contribution >= 0.6 is 12.4 Å². The van der Waals surface area contributed by atoms with Gasteiger partial charge in [-0.25, -0.2) is 0 Å². The molecule has 12 nitrogen and oxygen atoms in total. The molecule has 13 heteroatoms. The number of anilines is 1. The van der Waals surface area contributed by atoms with Crippen molar-refractivity contribution < 1.29 is 33.9 Å². The molecule has 1 aliphatic rings. The molecule has 3 aromatic carbocycles. The van der Waals surface area contributed by atoms with E-state index in [2.05, 4.69) is 16.1 Å². The smallest absolute Gasteiger partial charge is 0.327 e. The van der Waals surface area contributed by atoms with Gasteiger partial charge in [-0.1, -0.05) is 78.9 Å². The van der Waals surface area contributed by atoms with Gasteiger partial charge in [0.25, 0.3) is 5.91 Å². The second kappa shape index (κ2) is 18.1. The first-order valence-corrected chi connectivity index (χ1v) is 15.3. The van der Waals surface area contributed by atoms with Crippen molar-refractivity contribution in [2.75, 3.05) is 18.6 Å². The summed E-state index contributed by atoms with van der Waals surface area (Å²) in [5.74, 6) is -3.34. The number of carboxylic acids is 1. The van der Waals surface area contributed by atoms with Crippen molar-refractivity contribution in [2.45, 2.75) is 62.0 Å². The Morgan fingerprint density at radius 1 is 0.872 bits per heavy atom. The first-order valence-electron chi connectivity index (χ1n) is 15.3. The molecule has 4 rings (SSSR count). The third kappa shape index (κ3) is 10.6. The maximum atomic E-state index is 13.7. The van der Waals surface area contributed by atoms with Gasteiger partial charge < -0.3 is 31.9 Å². The largest absolute Gasteiger partial charge is 0.480 e. The van der Waals surface area contributed by atoms with Crippen LogP contribution in [0.1, 0.15) is 30.4 Å². The second-order valence-corrected chi connectivity index (χ2v) is 11.2. The Kier molecular flexibility index (Phi) is 14.3. The lowest BCUT2D eigenvalue weighted by atomic mass is 9.84. The van der Waals surface area contributed by atoms with E-state index in [9.17, 15) is 24.3 Å². The summed E-state index contributed by atoms with van der Waals surface area (Å²) in [5, 5.41) is 15.7. The van der Waals surface area contributed by atoms with Gasteiger partial charge in [0.2, 0.25) is 5.91 Å². The number of nitrogens with one attached hydrogen (secondary N) is 3. The molecule has 1 fully saturated rings. The van der Waals surface area contributed by atoms with Crippen molar-refractivity contribution >= 4 is 41.7 Å². The number of para-hydroxylation sites is 1. The van der Waals surface area contributed by atoms with Gasteiger partial charge in [0.1, 0.15) is 6.04 Å². The maximum absolute atomic E-state index is 13.7. The molecule has 0 spiro atoms. The molecule has 0 aliphatic carbocycles. The summed E-state index contributed by atoms with van der Waals surface area (Å²) in [5.41, 5.74) is 14.7. The first kappa shape index (κ1) is 37.1. The fraction of sp³-hybridized carbons (Fsp3) is 0.353. The van der Waals surface area contributed by atoms with Gasteiger partial charge in [-0.3, -0.25) is 29.5 Å². The Hall–Kier alpha value is -4.33. The van der Waals surface area contributed by atoms with Crippen molar-refractivity contribution in [3.05, 3.63) is 102 Å². The van der Waals surface area contributed by atoms with Crippen molar-refractivity contribution in [3.8, 4) is 0 Å². The number of hydrogen-bond donors (Lipinski definition) is 6. The van der Waals surface area contributed by atoms with Gasteiger partial charge in [-0.2, -0.15) is 0 Å². The topological polar surface area (TPSA) is 198 Å². The van der Waals surface area contributed by atoms with Crippen LogP contribution in [0, 0.1) is 0 Å².